The first-order valence-electron chi connectivity index (χ1n) is 7.15. The van der Waals surface area contributed by atoms with Gasteiger partial charge in [-0.15, -0.1) is 0 Å². The van der Waals surface area contributed by atoms with Crippen LogP contribution in [0, 0.1) is 0 Å². The molecule has 0 aromatic carbocycles. The summed E-state index contributed by atoms with van der Waals surface area (Å²) in [5, 5.41) is 0. The zero-order valence-electron chi connectivity index (χ0n) is 11.4. The van der Waals surface area contributed by atoms with Crippen LogP contribution in [0.4, 0.5) is 0 Å². The summed E-state index contributed by atoms with van der Waals surface area (Å²) in [6.07, 6.45) is 21.7. The highest BCUT2D eigenvalue weighted by atomic mass is 16.1. The Labute approximate surface area is 107 Å². The van der Waals surface area contributed by atoms with Crippen molar-refractivity contribution in [2.45, 2.75) is 71.1 Å². The van der Waals surface area contributed by atoms with Crippen LogP contribution in [-0.2, 0) is 4.79 Å². The van der Waals surface area contributed by atoms with Crippen molar-refractivity contribution in [3.63, 3.8) is 0 Å². The van der Waals surface area contributed by atoms with E-state index in [1.807, 2.05) is 0 Å². The van der Waals surface area contributed by atoms with Gasteiger partial charge in [-0.05, 0) is 38.5 Å². The second-order valence-electron chi connectivity index (χ2n) is 4.47. The van der Waals surface area contributed by atoms with Gasteiger partial charge in [0.15, 0.2) is 0 Å². The first-order valence-corrected chi connectivity index (χ1v) is 7.15. The molecule has 0 saturated carbocycles. The van der Waals surface area contributed by atoms with Gasteiger partial charge in [0.1, 0.15) is 6.29 Å². The third-order valence-electron chi connectivity index (χ3n) is 2.75. The highest BCUT2D eigenvalue weighted by Gasteiger charge is 1.86. The van der Waals surface area contributed by atoms with Gasteiger partial charge in [0.05, 0.1) is 0 Å². The average molecular weight is 236 g/mol. The van der Waals surface area contributed by atoms with E-state index >= 15 is 0 Å². The van der Waals surface area contributed by atoms with Crippen LogP contribution < -0.4 is 0 Å². The SMILES string of the molecule is CCCC/C=C\CC/C=C/CCCCCC=O. The van der Waals surface area contributed by atoms with Crippen molar-refractivity contribution in [3.8, 4) is 0 Å². The molecule has 0 amide bonds. The smallest absolute Gasteiger partial charge is 0.119 e. The number of aldehydes is 1. The minimum absolute atomic E-state index is 0.728. The van der Waals surface area contributed by atoms with E-state index in [-0.39, 0.29) is 0 Å². The number of carbonyl (C=O) groups excluding carboxylic acids is 1. The van der Waals surface area contributed by atoms with Gasteiger partial charge in [-0.2, -0.15) is 0 Å². The van der Waals surface area contributed by atoms with Gasteiger partial charge < -0.3 is 4.79 Å². The first-order chi connectivity index (χ1) is 8.41. The molecule has 0 aliphatic rings. The lowest BCUT2D eigenvalue weighted by molar-refractivity contribution is -0.107. The number of hydrogen-bond donors (Lipinski definition) is 0. The minimum atomic E-state index is 0.728. The van der Waals surface area contributed by atoms with E-state index in [0.29, 0.717) is 0 Å². The summed E-state index contributed by atoms with van der Waals surface area (Å²) >= 11 is 0. The molecule has 0 aliphatic carbocycles. The fourth-order valence-electron chi connectivity index (χ4n) is 1.65. The van der Waals surface area contributed by atoms with E-state index in [0.717, 1.165) is 25.5 Å². The normalized spacial score (nSPS) is 11.6. The Morgan fingerprint density at radius 3 is 1.76 bits per heavy atom. The quantitative estimate of drug-likeness (QED) is 0.258. The molecule has 0 bridgehead atoms. The molecule has 0 fully saturated rings. The Morgan fingerprint density at radius 1 is 0.647 bits per heavy atom. The van der Waals surface area contributed by atoms with E-state index in [1.54, 1.807) is 0 Å². The summed E-state index contributed by atoms with van der Waals surface area (Å²) in [6, 6.07) is 0. The van der Waals surface area contributed by atoms with Crippen molar-refractivity contribution in [2.75, 3.05) is 0 Å². The number of allylic oxidation sites excluding steroid dienone is 4. The Kier molecular flexibility index (Phi) is 14.4. The Morgan fingerprint density at radius 2 is 1.18 bits per heavy atom. The summed E-state index contributed by atoms with van der Waals surface area (Å²) in [6.45, 7) is 2.23. The maximum absolute atomic E-state index is 10.1. The molecule has 98 valence electrons. The number of carbonyl (C=O) groups is 1. The van der Waals surface area contributed by atoms with Gasteiger partial charge in [-0.25, -0.2) is 0 Å². The van der Waals surface area contributed by atoms with Crippen LogP contribution in [0.25, 0.3) is 0 Å². The molecule has 1 heteroatoms. The van der Waals surface area contributed by atoms with Gasteiger partial charge in [0.25, 0.3) is 0 Å². The molecule has 0 spiro atoms. The van der Waals surface area contributed by atoms with Crippen LogP contribution in [0.3, 0.4) is 0 Å². The maximum atomic E-state index is 10.1. The summed E-state index contributed by atoms with van der Waals surface area (Å²) in [7, 11) is 0. The van der Waals surface area contributed by atoms with E-state index in [9.17, 15) is 4.79 Å². The molecule has 0 aliphatic heterocycles. The van der Waals surface area contributed by atoms with Crippen LogP contribution in [0.1, 0.15) is 71.1 Å². The second kappa shape index (κ2) is 15.1. The molecular weight excluding hydrogens is 208 g/mol. The minimum Gasteiger partial charge on any atom is -0.303 e. The summed E-state index contributed by atoms with van der Waals surface area (Å²) in [4.78, 5) is 10.1. The van der Waals surface area contributed by atoms with Gasteiger partial charge in [0.2, 0.25) is 0 Å². The zero-order valence-corrected chi connectivity index (χ0v) is 11.4. The fourth-order valence-corrected chi connectivity index (χ4v) is 1.65. The molecule has 0 unspecified atom stereocenters. The lowest BCUT2D eigenvalue weighted by Crippen LogP contribution is -1.77. The topological polar surface area (TPSA) is 17.1 Å². The van der Waals surface area contributed by atoms with E-state index in [2.05, 4.69) is 31.2 Å². The first kappa shape index (κ1) is 16.1. The van der Waals surface area contributed by atoms with Crippen molar-refractivity contribution >= 4 is 6.29 Å². The van der Waals surface area contributed by atoms with Gasteiger partial charge >= 0.3 is 0 Å². The van der Waals surface area contributed by atoms with E-state index in [1.165, 1.54) is 44.9 Å². The molecule has 17 heavy (non-hydrogen) atoms. The van der Waals surface area contributed by atoms with Crippen LogP contribution in [-0.4, -0.2) is 6.29 Å². The zero-order chi connectivity index (χ0) is 12.6. The largest absolute Gasteiger partial charge is 0.303 e. The molecule has 0 rings (SSSR count). The summed E-state index contributed by atoms with van der Waals surface area (Å²) < 4.78 is 0. The molecule has 0 N–H and O–H groups in total. The molecule has 0 atom stereocenters. The van der Waals surface area contributed by atoms with Crippen LogP contribution in [0.5, 0.6) is 0 Å². The predicted molar refractivity (Wildman–Crippen MR) is 76.2 cm³/mol. The van der Waals surface area contributed by atoms with Crippen LogP contribution in [0.2, 0.25) is 0 Å². The fraction of sp³-hybridized carbons (Fsp3) is 0.688. The Hall–Kier alpha value is -0.850. The third-order valence-corrected chi connectivity index (χ3v) is 2.75. The average Bonchev–Trinajstić information content (AvgIpc) is 2.35. The summed E-state index contributed by atoms with van der Waals surface area (Å²) in [5.74, 6) is 0. The lowest BCUT2D eigenvalue weighted by atomic mass is 10.1. The highest BCUT2D eigenvalue weighted by molar-refractivity contribution is 5.48. The number of rotatable bonds is 12. The molecule has 0 aromatic heterocycles. The predicted octanol–water partition coefficient (Wildman–Crippen LogP) is 5.22. The van der Waals surface area contributed by atoms with E-state index in [4.69, 9.17) is 0 Å². The monoisotopic (exact) mass is 236 g/mol. The molecule has 0 heterocycles. The molecule has 1 nitrogen and oxygen atoms in total. The molecule has 0 aromatic rings. The number of hydrogen-bond acceptors (Lipinski definition) is 1. The molecule has 0 saturated heterocycles. The van der Waals surface area contributed by atoms with Crippen molar-refractivity contribution in [2.24, 2.45) is 0 Å². The van der Waals surface area contributed by atoms with E-state index < -0.39 is 0 Å². The van der Waals surface area contributed by atoms with Gasteiger partial charge in [0, 0.05) is 6.42 Å². The van der Waals surface area contributed by atoms with Crippen LogP contribution >= 0.6 is 0 Å². The lowest BCUT2D eigenvalue weighted by Gasteiger charge is -1.93. The van der Waals surface area contributed by atoms with Crippen molar-refractivity contribution in [1.82, 2.24) is 0 Å². The van der Waals surface area contributed by atoms with Gasteiger partial charge in [-0.3, -0.25) is 0 Å². The number of unbranched alkanes of at least 4 members (excludes halogenated alkanes) is 7. The van der Waals surface area contributed by atoms with Crippen molar-refractivity contribution in [3.05, 3.63) is 24.3 Å². The Balaban J connectivity index is 3.14. The second-order valence-corrected chi connectivity index (χ2v) is 4.47. The third kappa shape index (κ3) is 15.1. The van der Waals surface area contributed by atoms with Crippen molar-refractivity contribution < 1.29 is 4.79 Å². The Bertz CT molecular complexity index is 204. The molecule has 0 radical (unpaired) electrons. The van der Waals surface area contributed by atoms with Gasteiger partial charge in [-0.1, -0.05) is 50.5 Å². The standard InChI is InChI=1S/C16H28O/c1-2-3-4-5-6-7-8-9-10-11-12-13-14-15-16-17/h5-6,9-10,16H,2-4,7-8,11-15H2,1H3/b6-5-,10-9+. The van der Waals surface area contributed by atoms with Crippen molar-refractivity contribution in [1.29, 1.82) is 0 Å². The van der Waals surface area contributed by atoms with Crippen LogP contribution in [0.15, 0.2) is 24.3 Å². The maximum Gasteiger partial charge on any atom is 0.119 e. The summed E-state index contributed by atoms with van der Waals surface area (Å²) in [5.41, 5.74) is 0. The molecular formula is C16H28O. The highest BCUT2D eigenvalue weighted by Crippen LogP contribution is 2.04.